The largest absolute Gasteiger partial charge is 0.483 e. The van der Waals surface area contributed by atoms with Crippen molar-refractivity contribution in [2.24, 2.45) is 0 Å². The summed E-state index contributed by atoms with van der Waals surface area (Å²) in [5, 5.41) is 4.85. The molecule has 34 heavy (non-hydrogen) atoms. The van der Waals surface area contributed by atoms with Crippen LogP contribution in [0.5, 0.6) is 5.75 Å². The van der Waals surface area contributed by atoms with E-state index in [1.165, 1.54) is 4.90 Å². The second kappa shape index (κ2) is 8.82. The van der Waals surface area contributed by atoms with Gasteiger partial charge in [0.1, 0.15) is 5.75 Å². The summed E-state index contributed by atoms with van der Waals surface area (Å²) in [5.74, 6) is -0.910. The Bertz CT molecular complexity index is 1330. The Kier molecular flexibility index (Phi) is 6.19. The minimum atomic E-state index is -4.61. The second-order valence-corrected chi connectivity index (χ2v) is 10.1. The van der Waals surface area contributed by atoms with E-state index >= 15 is 0 Å². The molecule has 1 fully saturated rings. The molecule has 8 nitrogen and oxygen atoms in total. The first-order chi connectivity index (χ1) is 15.9. The lowest BCUT2D eigenvalue weighted by atomic mass is 10.1. The quantitative estimate of drug-likeness (QED) is 0.533. The van der Waals surface area contributed by atoms with Crippen molar-refractivity contribution in [3.63, 3.8) is 0 Å². The van der Waals surface area contributed by atoms with Crippen LogP contribution in [0.3, 0.4) is 0 Å². The van der Waals surface area contributed by atoms with Crippen molar-refractivity contribution in [3.05, 3.63) is 47.7 Å². The van der Waals surface area contributed by atoms with Gasteiger partial charge in [0.25, 0.3) is 5.91 Å². The zero-order valence-corrected chi connectivity index (χ0v) is 19.2. The summed E-state index contributed by atoms with van der Waals surface area (Å²) >= 11 is 0. The highest BCUT2D eigenvalue weighted by atomic mass is 32.2. The SMILES string of the molecule is Cc1noc2cc(N3CCN(C(=O)c4cc(S(C)(=O)=O)ccc4OCC(F)(F)F)CC3)ccc12. The molecule has 0 spiro atoms. The number of hydrogen-bond acceptors (Lipinski definition) is 7. The number of carbonyl (C=O) groups excluding carboxylic acids is 1. The lowest BCUT2D eigenvalue weighted by Gasteiger charge is -2.36. The van der Waals surface area contributed by atoms with E-state index in [4.69, 9.17) is 9.26 Å². The number of aromatic nitrogens is 1. The molecule has 2 aromatic carbocycles. The molecule has 0 N–H and O–H groups in total. The lowest BCUT2D eigenvalue weighted by Crippen LogP contribution is -2.48. The van der Waals surface area contributed by atoms with E-state index in [1.807, 2.05) is 25.1 Å². The van der Waals surface area contributed by atoms with Gasteiger partial charge in [-0.15, -0.1) is 0 Å². The first kappa shape index (κ1) is 23.9. The third-order valence-electron chi connectivity index (χ3n) is 5.57. The van der Waals surface area contributed by atoms with Crippen LogP contribution in [-0.4, -0.2) is 69.6 Å². The van der Waals surface area contributed by atoms with Crippen LogP contribution < -0.4 is 9.64 Å². The maximum Gasteiger partial charge on any atom is 0.422 e. The summed E-state index contributed by atoms with van der Waals surface area (Å²) in [6.07, 6.45) is -3.65. The van der Waals surface area contributed by atoms with Gasteiger partial charge in [0, 0.05) is 49.6 Å². The lowest BCUT2D eigenvalue weighted by molar-refractivity contribution is -0.153. The van der Waals surface area contributed by atoms with Crippen molar-refractivity contribution >= 4 is 32.4 Å². The Morgan fingerprint density at radius 1 is 1.12 bits per heavy atom. The molecule has 1 aliphatic heterocycles. The predicted octanol–water partition coefficient (Wildman–Crippen LogP) is 3.44. The van der Waals surface area contributed by atoms with Crippen molar-refractivity contribution in [3.8, 4) is 5.75 Å². The fourth-order valence-electron chi connectivity index (χ4n) is 3.78. The predicted molar refractivity (Wildman–Crippen MR) is 118 cm³/mol. The summed E-state index contributed by atoms with van der Waals surface area (Å²) in [7, 11) is -3.68. The number of aryl methyl sites for hydroxylation is 1. The molecule has 3 aromatic rings. The van der Waals surface area contributed by atoms with Crippen LogP contribution in [0.1, 0.15) is 16.1 Å². The number of alkyl halides is 3. The Labute approximate surface area is 193 Å². The van der Waals surface area contributed by atoms with Gasteiger partial charge in [0.2, 0.25) is 0 Å². The third-order valence-corrected chi connectivity index (χ3v) is 6.68. The number of fused-ring (bicyclic) bond motifs is 1. The summed E-state index contributed by atoms with van der Waals surface area (Å²) in [4.78, 5) is 16.5. The number of piperazine rings is 1. The molecule has 0 unspecified atom stereocenters. The zero-order valence-electron chi connectivity index (χ0n) is 18.4. The number of ether oxygens (including phenoxy) is 1. The molecule has 1 saturated heterocycles. The fourth-order valence-corrected chi connectivity index (χ4v) is 4.43. The van der Waals surface area contributed by atoms with Gasteiger partial charge in [-0.1, -0.05) is 5.16 Å². The van der Waals surface area contributed by atoms with Crippen LogP contribution in [0.2, 0.25) is 0 Å². The van der Waals surface area contributed by atoms with Gasteiger partial charge in [-0.25, -0.2) is 8.42 Å². The molecular formula is C22H22F3N3O5S. The number of anilines is 1. The van der Waals surface area contributed by atoms with Crippen molar-refractivity contribution in [2.75, 3.05) is 43.9 Å². The molecule has 0 radical (unpaired) electrons. The van der Waals surface area contributed by atoms with Crippen LogP contribution in [0.4, 0.5) is 18.9 Å². The Morgan fingerprint density at radius 3 is 2.47 bits per heavy atom. The Morgan fingerprint density at radius 2 is 1.82 bits per heavy atom. The van der Waals surface area contributed by atoms with Gasteiger partial charge >= 0.3 is 6.18 Å². The molecule has 2 heterocycles. The van der Waals surface area contributed by atoms with Crippen LogP contribution in [0, 0.1) is 6.92 Å². The van der Waals surface area contributed by atoms with E-state index in [9.17, 15) is 26.4 Å². The normalized spacial score (nSPS) is 15.1. The molecule has 0 saturated carbocycles. The topological polar surface area (TPSA) is 93.0 Å². The van der Waals surface area contributed by atoms with E-state index in [0.717, 1.165) is 41.2 Å². The number of halogens is 3. The third kappa shape index (κ3) is 5.11. The molecule has 1 aliphatic rings. The molecule has 0 atom stereocenters. The Hall–Kier alpha value is -3.28. The molecular weight excluding hydrogens is 475 g/mol. The highest BCUT2D eigenvalue weighted by Gasteiger charge is 2.31. The maximum atomic E-state index is 13.2. The van der Waals surface area contributed by atoms with Crippen LogP contribution in [0.25, 0.3) is 11.0 Å². The number of rotatable bonds is 5. The average Bonchev–Trinajstić information content (AvgIpc) is 3.16. The number of nitrogens with zero attached hydrogens (tertiary/aromatic N) is 3. The highest BCUT2D eigenvalue weighted by molar-refractivity contribution is 7.90. The monoisotopic (exact) mass is 497 g/mol. The standard InChI is InChI=1S/C22H22F3N3O5S/c1-14-17-5-3-15(11-20(17)33-26-14)27-7-9-28(10-8-27)21(29)18-12-16(34(2,30)31)4-6-19(18)32-13-22(23,24)25/h3-6,11-12H,7-10,13H2,1-2H3. The molecule has 12 heteroatoms. The fraction of sp³-hybridized carbons (Fsp3) is 0.364. The second-order valence-electron chi connectivity index (χ2n) is 8.06. The van der Waals surface area contributed by atoms with Crippen LogP contribution in [0.15, 0.2) is 45.8 Å². The number of benzene rings is 2. The maximum absolute atomic E-state index is 13.2. The number of sulfone groups is 1. The van der Waals surface area contributed by atoms with Crippen LogP contribution >= 0.6 is 0 Å². The number of amides is 1. The molecule has 1 aromatic heterocycles. The van der Waals surface area contributed by atoms with Crippen molar-refractivity contribution in [1.29, 1.82) is 0 Å². The van der Waals surface area contributed by atoms with E-state index in [1.54, 1.807) is 0 Å². The minimum Gasteiger partial charge on any atom is -0.483 e. The van der Waals surface area contributed by atoms with E-state index in [0.29, 0.717) is 18.7 Å². The summed E-state index contributed by atoms with van der Waals surface area (Å²) in [6.45, 7) is 1.76. The Balaban J connectivity index is 1.52. The van der Waals surface area contributed by atoms with Gasteiger partial charge < -0.3 is 19.1 Å². The van der Waals surface area contributed by atoms with E-state index in [-0.39, 0.29) is 29.3 Å². The first-order valence-electron chi connectivity index (χ1n) is 10.4. The average molecular weight is 497 g/mol. The van der Waals surface area contributed by atoms with Gasteiger partial charge in [-0.05, 0) is 37.3 Å². The first-order valence-corrected chi connectivity index (χ1v) is 12.3. The van der Waals surface area contributed by atoms with Gasteiger partial charge in [0.05, 0.1) is 16.2 Å². The highest BCUT2D eigenvalue weighted by Crippen LogP contribution is 2.28. The number of hydrogen-bond donors (Lipinski definition) is 0. The molecule has 0 aliphatic carbocycles. The van der Waals surface area contributed by atoms with Crippen molar-refractivity contribution in [1.82, 2.24) is 10.1 Å². The summed E-state index contributed by atoms with van der Waals surface area (Å²) in [6, 6.07) is 8.98. The number of carbonyl (C=O) groups is 1. The van der Waals surface area contributed by atoms with E-state index in [2.05, 4.69) is 10.1 Å². The van der Waals surface area contributed by atoms with E-state index < -0.39 is 28.5 Å². The smallest absolute Gasteiger partial charge is 0.422 e. The molecule has 0 bridgehead atoms. The van der Waals surface area contributed by atoms with Gasteiger partial charge in [-0.2, -0.15) is 13.2 Å². The van der Waals surface area contributed by atoms with Gasteiger partial charge in [0.15, 0.2) is 22.0 Å². The molecule has 4 rings (SSSR count). The minimum absolute atomic E-state index is 0.176. The zero-order chi connectivity index (χ0) is 24.7. The summed E-state index contributed by atoms with van der Waals surface area (Å²) in [5.41, 5.74) is 2.11. The van der Waals surface area contributed by atoms with Crippen LogP contribution in [-0.2, 0) is 9.84 Å². The van der Waals surface area contributed by atoms with Crippen molar-refractivity contribution in [2.45, 2.75) is 18.0 Å². The summed E-state index contributed by atoms with van der Waals surface area (Å²) < 4.78 is 72.0. The van der Waals surface area contributed by atoms with Crippen molar-refractivity contribution < 1.29 is 35.6 Å². The molecule has 182 valence electrons. The van der Waals surface area contributed by atoms with Gasteiger partial charge in [-0.3, -0.25) is 4.79 Å². The molecule has 1 amide bonds.